The van der Waals surface area contributed by atoms with E-state index in [4.69, 9.17) is 9.47 Å². The molecule has 2 aromatic heterocycles. The summed E-state index contributed by atoms with van der Waals surface area (Å²) in [6.07, 6.45) is 5.94. The molecule has 1 N–H and O–H groups in total. The van der Waals surface area contributed by atoms with Crippen molar-refractivity contribution in [3.05, 3.63) is 48.5 Å². The maximum Gasteiger partial charge on any atom is 0.156 e. The molecular weight excluding hydrogens is 316 g/mol. The van der Waals surface area contributed by atoms with Gasteiger partial charge in [-0.15, -0.1) is 0 Å². The van der Waals surface area contributed by atoms with E-state index in [0.29, 0.717) is 6.61 Å². The van der Waals surface area contributed by atoms with Crippen molar-refractivity contribution in [1.29, 1.82) is 0 Å². The first-order chi connectivity index (χ1) is 12.3. The second kappa shape index (κ2) is 7.11. The van der Waals surface area contributed by atoms with Crippen LogP contribution in [0.4, 0.5) is 5.82 Å². The maximum absolute atomic E-state index is 6.27. The zero-order valence-electron chi connectivity index (χ0n) is 14.3. The highest BCUT2D eigenvalue weighted by atomic mass is 16.5. The van der Waals surface area contributed by atoms with Gasteiger partial charge in [0.05, 0.1) is 0 Å². The van der Waals surface area contributed by atoms with E-state index in [9.17, 15) is 0 Å². The van der Waals surface area contributed by atoms with Crippen molar-refractivity contribution in [2.24, 2.45) is 0 Å². The van der Waals surface area contributed by atoms with E-state index in [1.165, 1.54) is 0 Å². The minimum atomic E-state index is 0.233. The topological polar surface area (TPSA) is 63.3 Å². The molecule has 4 rings (SSSR count). The van der Waals surface area contributed by atoms with Crippen LogP contribution < -0.4 is 9.64 Å². The van der Waals surface area contributed by atoms with Crippen molar-refractivity contribution in [2.45, 2.75) is 25.6 Å². The van der Waals surface area contributed by atoms with E-state index in [2.05, 4.69) is 32.0 Å². The summed E-state index contributed by atoms with van der Waals surface area (Å²) in [6.45, 7) is 2.29. The molecule has 0 saturated carbocycles. The predicted octanol–water partition coefficient (Wildman–Crippen LogP) is 3.15. The summed E-state index contributed by atoms with van der Waals surface area (Å²) in [7, 11) is 1.66. The van der Waals surface area contributed by atoms with Crippen LogP contribution in [0.5, 0.6) is 5.75 Å². The van der Waals surface area contributed by atoms with E-state index in [0.717, 1.165) is 54.2 Å². The minimum absolute atomic E-state index is 0.233. The molecule has 1 aliphatic rings. The number of hydrogen-bond acceptors (Lipinski definition) is 5. The molecule has 1 aromatic carbocycles. The fourth-order valence-corrected chi connectivity index (χ4v) is 3.30. The van der Waals surface area contributed by atoms with Gasteiger partial charge in [-0.2, -0.15) is 0 Å². The Labute approximate surface area is 146 Å². The zero-order valence-corrected chi connectivity index (χ0v) is 14.3. The Morgan fingerprint density at radius 2 is 2.08 bits per heavy atom. The summed E-state index contributed by atoms with van der Waals surface area (Å²) in [5.41, 5.74) is 1.11. The Morgan fingerprint density at radius 1 is 1.20 bits per heavy atom. The number of benzene rings is 1. The maximum atomic E-state index is 6.27. The molecule has 130 valence electrons. The van der Waals surface area contributed by atoms with Gasteiger partial charge in [0.15, 0.2) is 5.82 Å². The smallest absolute Gasteiger partial charge is 0.156 e. The zero-order chi connectivity index (χ0) is 17.1. The number of anilines is 1. The third-order valence-corrected chi connectivity index (χ3v) is 4.58. The Morgan fingerprint density at radius 3 is 2.92 bits per heavy atom. The van der Waals surface area contributed by atoms with E-state index in [1.54, 1.807) is 13.3 Å². The highest BCUT2D eigenvalue weighted by Crippen LogP contribution is 2.28. The lowest BCUT2D eigenvalue weighted by molar-refractivity contribution is 0.172. The van der Waals surface area contributed by atoms with E-state index in [-0.39, 0.29) is 6.10 Å². The second-order valence-electron chi connectivity index (χ2n) is 6.26. The van der Waals surface area contributed by atoms with Crippen LogP contribution >= 0.6 is 0 Å². The minimum Gasteiger partial charge on any atom is -0.490 e. The Balaban J connectivity index is 1.40. The third kappa shape index (κ3) is 3.44. The molecule has 25 heavy (non-hydrogen) atoms. The van der Waals surface area contributed by atoms with Gasteiger partial charge in [0, 0.05) is 56.3 Å². The second-order valence-corrected chi connectivity index (χ2v) is 6.26. The lowest BCUT2D eigenvalue weighted by Gasteiger charge is -2.33. The van der Waals surface area contributed by atoms with Crippen LogP contribution in [0.3, 0.4) is 0 Å². The number of methoxy groups -OCH3 is 1. The molecule has 0 unspecified atom stereocenters. The summed E-state index contributed by atoms with van der Waals surface area (Å²) in [4.78, 5) is 14.3. The number of nitrogens with one attached hydrogen (secondary N) is 1. The van der Waals surface area contributed by atoms with Crippen molar-refractivity contribution in [3.8, 4) is 5.75 Å². The molecule has 3 aromatic rings. The molecule has 3 heterocycles. The molecule has 0 radical (unpaired) electrons. The fourth-order valence-electron chi connectivity index (χ4n) is 3.30. The molecule has 1 fully saturated rings. The van der Waals surface area contributed by atoms with E-state index < -0.39 is 0 Å². The average molecular weight is 338 g/mol. The number of aromatic amines is 1. The predicted molar refractivity (Wildman–Crippen MR) is 96.9 cm³/mol. The first-order valence-corrected chi connectivity index (χ1v) is 8.62. The standard InChI is InChI=1S/C19H22N4O2/c1-24-13-18-21-10-6-19(22-18)23-11-7-14(8-12-23)25-17-4-2-3-16-15(17)5-9-20-16/h2-6,9-10,14,20H,7-8,11-13H2,1H3. The average Bonchev–Trinajstić information content (AvgIpc) is 3.13. The van der Waals surface area contributed by atoms with Crippen molar-refractivity contribution < 1.29 is 9.47 Å². The van der Waals surface area contributed by atoms with Gasteiger partial charge in [0.2, 0.25) is 0 Å². The Bertz CT molecular complexity index is 840. The van der Waals surface area contributed by atoms with Gasteiger partial charge < -0.3 is 19.4 Å². The van der Waals surface area contributed by atoms with Crippen LogP contribution in [0.1, 0.15) is 18.7 Å². The largest absolute Gasteiger partial charge is 0.490 e. The van der Waals surface area contributed by atoms with Crippen LogP contribution in [0.2, 0.25) is 0 Å². The summed E-state index contributed by atoms with van der Waals surface area (Å²) in [6, 6.07) is 10.2. The van der Waals surface area contributed by atoms with Crippen LogP contribution in [0.25, 0.3) is 10.9 Å². The van der Waals surface area contributed by atoms with Crippen molar-refractivity contribution in [3.63, 3.8) is 0 Å². The summed E-state index contributed by atoms with van der Waals surface area (Å²) in [5, 5.41) is 1.14. The molecular formula is C19H22N4O2. The lowest BCUT2D eigenvalue weighted by atomic mass is 10.1. The van der Waals surface area contributed by atoms with Crippen molar-refractivity contribution in [1.82, 2.24) is 15.0 Å². The summed E-state index contributed by atoms with van der Waals surface area (Å²) < 4.78 is 11.4. The van der Waals surface area contributed by atoms with Crippen LogP contribution in [-0.4, -0.2) is 41.3 Å². The molecule has 0 atom stereocenters. The number of H-pyrrole nitrogens is 1. The SMILES string of the molecule is COCc1nccc(N2CCC(Oc3cccc4[nH]ccc34)CC2)n1. The number of nitrogens with zero attached hydrogens (tertiary/aromatic N) is 3. The first-order valence-electron chi connectivity index (χ1n) is 8.62. The number of rotatable bonds is 5. The molecule has 0 aliphatic carbocycles. The number of aromatic nitrogens is 3. The molecule has 1 saturated heterocycles. The van der Waals surface area contributed by atoms with Crippen LogP contribution in [0, 0.1) is 0 Å². The highest BCUT2D eigenvalue weighted by molar-refractivity contribution is 5.85. The number of piperidine rings is 1. The third-order valence-electron chi connectivity index (χ3n) is 4.58. The molecule has 1 aliphatic heterocycles. The van der Waals surface area contributed by atoms with Gasteiger partial charge in [0.1, 0.15) is 24.3 Å². The lowest BCUT2D eigenvalue weighted by Crippen LogP contribution is -2.38. The number of ether oxygens (including phenoxy) is 2. The normalized spacial score (nSPS) is 15.6. The Hall–Kier alpha value is -2.60. The molecule has 6 nitrogen and oxygen atoms in total. The molecule has 0 spiro atoms. The van der Waals surface area contributed by atoms with Gasteiger partial charge in [0.25, 0.3) is 0 Å². The quantitative estimate of drug-likeness (QED) is 0.774. The first kappa shape index (κ1) is 15.9. The fraction of sp³-hybridized carbons (Fsp3) is 0.368. The van der Waals surface area contributed by atoms with Gasteiger partial charge in [-0.3, -0.25) is 0 Å². The number of fused-ring (bicyclic) bond motifs is 1. The van der Waals surface area contributed by atoms with Crippen LogP contribution in [0.15, 0.2) is 42.7 Å². The summed E-state index contributed by atoms with van der Waals surface area (Å²) >= 11 is 0. The van der Waals surface area contributed by atoms with Gasteiger partial charge in [-0.25, -0.2) is 9.97 Å². The number of hydrogen-bond donors (Lipinski definition) is 1. The van der Waals surface area contributed by atoms with Gasteiger partial charge in [-0.1, -0.05) is 6.07 Å². The monoisotopic (exact) mass is 338 g/mol. The van der Waals surface area contributed by atoms with Gasteiger partial charge in [-0.05, 0) is 24.3 Å². The van der Waals surface area contributed by atoms with Crippen molar-refractivity contribution in [2.75, 3.05) is 25.1 Å². The van der Waals surface area contributed by atoms with E-state index in [1.807, 2.05) is 24.4 Å². The highest BCUT2D eigenvalue weighted by Gasteiger charge is 2.22. The molecule has 0 amide bonds. The summed E-state index contributed by atoms with van der Waals surface area (Å²) in [5.74, 6) is 2.65. The van der Waals surface area contributed by atoms with E-state index >= 15 is 0 Å². The van der Waals surface area contributed by atoms with Crippen LogP contribution in [-0.2, 0) is 11.3 Å². The Kier molecular flexibility index (Phi) is 4.52. The van der Waals surface area contributed by atoms with Gasteiger partial charge >= 0.3 is 0 Å². The molecule has 0 bridgehead atoms. The van der Waals surface area contributed by atoms with Crippen molar-refractivity contribution >= 4 is 16.7 Å². The molecule has 6 heteroatoms.